The number of hydrogen-bond acceptors (Lipinski definition) is 1. The molecule has 0 unspecified atom stereocenters. The largest absolute Gasteiger partial charge is 0.349 e. The Morgan fingerprint density at radius 3 is 2.18 bits per heavy atom. The van der Waals surface area contributed by atoms with Gasteiger partial charge in [-0.3, -0.25) is 4.99 Å². The fourth-order valence-electron chi connectivity index (χ4n) is 1.95. The van der Waals surface area contributed by atoms with Gasteiger partial charge in [0.15, 0.2) is 5.96 Å². The average molecular weight is 257 g/mol. The Morgan fingerprint density at radius 2 is 1.71 bits per heavy atom. The van der Waals surface area contributed by atoms with Crippen LogP contribution in [-0.4, -0.2) is 58.4 Å². The van der Waals surface area contributed by atoms with Crippen molar-refractivity contribution in [2.24, 2.45) is 4.99 Å². The zero-order valence-corrected chi connectivity index (χ0v) is 13.8. The SMILES string of the molecule is CCCCCCN=C(N(C)C)N(C)C[SiH](C)C. The Labute approximate surface area is 110 Å². The monoisotopic (exact) mass is 257 g/mol. The summed E-state index contributed by atoms with van der Waals surface area (Å²) in [6, 6.07) is 0. The van der Waals surface area contributed by atoms with Gasteiger partial charge in [-0.1, -0.05) is 39.3 Å². The summed E-state index contributed by atoms with van der Waals surface area (Å²) in [5, 5.41) is 0. The molecule has 0 aliphatic carbocycles. The summed E-state index contributed by atoms with van der Waals surface area (Å²) < 4.78 is 0. The number of nitrogens with zero attached hydrogens (tertiary/aromatic N) is 3. The predicted octanol–water partition coefficient (Wildman–Crippen LogP) is 2.44. The summed E-state index contributed by atoms with van der Waals surface area (Å²) in [6.45, 7) is 7.98. The molecule has 0 saturated heterocycles. The van der Waals surface area contributed by atoms with E-state index in [1.54, 1.807) is 0 Å². The zero-order chi connectivity index (χ0) is 13.3. The van der Waals surface area contributed by atoms with E-state index in [1.165, 1.54) is 31.9 Å². The summed E-state index contributed by atoms with van der Waals surface area (Å²) in [7, 11) is 5.78. The molecule has 0 fully saturated rings. The molecule has 0 spiro atoms. The van der Waals surface area contributed by atoms with Gasteiger partial charge < -0.3 is 9.80 Å². The molecule has 3 nitrogen and oxygen atoms in total. The van der Waals surface area contributed by atoms with Crippen LogP contribution in [0.5, 0.6) is 0 Å². The van der Waals surface area contributed by atoms with Crippen LogP contribution in [0.15, 0.2) is 4.99 Å². The molecule has 0 aromatic rings. The lowest BCUT2D eigenvalue weighted by molar-refractivity contribution is 0.462. The minimum Gasteiger partial charge on any atom is -0.349 e. The highest BCUT2D eigenvalue weighted by Crippen LogP contribution is 2.01. The third-order valence-corrected chi connectivity index (χ3v) is 3.92. The Balaban J connectivity index is 4.16. The maximum Gasteiger partial charge on any atom is 0.195 e. The van der Waals surface area contributed by atoms with Gasteiger partial charge in [0.2, 0.25) is 0 Å². The van der Waals surface area contributed by atoms with Crippen molar-refractivity contribution in [3.8, 4) is 0 Å². The van der Waals surface area contributed by atoms with E-state index in [9.17, 15) is 0 Å². The summed E-state index contributed by atoms with van der Waals surface area (Å²) in [5.74, 6) is 1.14. The van der Waals surface area contributed by atoms with Crippen LogP contribution in [0.2, 0.25) is 13.1 Å². The second-order valence-electron chi connectivity index (χ2n) is 5.41. The highest BCUT2D eigenvalue weighted by molar-refractivity contribution is 6.56. The molecule has 0 heterocycles. The van der Waals surface area contributed by atoms with Crippen molar-refractivity contribution in [2.45, 2.75) is 45.7 Å². The Kier molecular flexibility index (Phi) is 9.22. The van der Waals surface area contributed by atoms with Crippen molar-refractivity contribution >= 4 is 14.8 Å². The maximum absolute atomic E-state index is 4.74. The van der Waals surface area contributed by atoms with E-state index in [-0.39, 0.29) is 0 Å². The van der Waals surface area contributed by atoms with Gasteiger partial charge in [0.1, 0.15) is 0 Å². The van der Waals surface area contributed by atoms with E-state index >= 15 is 0 Å². The van der Waals surface area contributed by atoms with Crippen LogP contribution in [0.25, 0.3) is 0 Å². The second-order valence-corrected chi connectivity index (χ2v) is 8.56. The Bertz CT molecular complexity index is 215. The third-order valence-electron chi connectivity index (χ3n) is 2.65. The van der Waals surface area contributed by atoms with Crippen LogP contribution in [0.3, 0.4) is 0 Å². The molecule has 0 N–H and O–H groups in total. The lowest BCUT2D eigenvalue weighted by Crippen LogP contribution is -2.42. The molecule has 4 heteroatoms. The fraction of sp³-hybridized carbons (Fsp3) is 0.923. The summed E-state index contributed by atoms with van der Waals surface area (Å²) in [4.78, 5) is 9.19. The first-order chi connectivity index (χ1) is 7.99. The van der Waals surface area contributed by atoms with Gasteiger partial charge in [0.05, 0.1) is 8.80 Å². The van der Waals surface area contributed by atoms with Crippen LogP contribution in [0.4, 0.5) is 0 Å². The van der Waals surface area contributed by atoms with Gasteiger partial charge in [-0.2, -0.15) is 0 Å². The van der Waals surface area contributed by atoms with Gasteiger partial charge in [0.25, 0.3) is 0 Å². The van der Waals surface area contributed by atoms with Crippen molar-refractivity contribution in [1.82, 2.24) is 9.80 Å². The molecule has 0 aliphatic heterocycles. The topological polar surface area (TPSA) is 18.8 Å². The number of rotatable bonds is 7. The lowest BCUT2D eigenvalue weighted by atomic mass is 10.2. The van der Waals surface area contributed by atoms with E-state index in [1.807, 2.05) is 0 Å². The third kappa shape index (κ3) is 8.24. The maximum atomic E-state index is 4.74. The minimum absolute atomic E-state index is 0.560. The molecule has 0 rings (SSSR count). The molecule has 0 saturated carbocycles. The first kappa shape index (κ1) is 16.5. The highest BCUT2D eigenvalue weighted by atomic mass is 28.3. The average Bonchev–Trinajstić information content (AvgIpc) is 2.21. The number of guanidine groups is 1. The molecule has 17 heavy (non-hydrogen) atoms. The second kappa shape index (κ2) is 9.51. The van der Waals surface area contributed by atoms with E-state index in [2.05, 4.69) is 51.0 Å². The fourth-order valence-corrected chi connectivity index (χ4v) is 3.21. The molecule has 0 aromatic carbocycles. The summed E-state index contributed by atoms with van der Waals surface area (Å²) in [5.41, 5.74) is 0. The molecule has 0 aromatic heterocycles. The van der Waals surface area contributed by atoms with Gasteiger partial charge in [0, 0.05) is 33.9 Å². The number of unbranched alkanes of at least 4 members (excludes halogenated alkanes) is 3. The van der Waals surface area contributed by atoms with Crippen molar-refractivity contribution in [3.63, 3.8) is 0 Å². The first-order valence-electron chi connectivity index (χ1n) is 6.91. The standard InChI is InChI=1S/C13H31N3Si/c1-7-8-9-10-11-14-13(15(2)3)16(4)12-17(5)6/h17H,7-12H2,1-6H3. The van der Waals surface area contributed by atoms with Crippen molar-refractivity contribution in [2.75, 3.05) is 33.9 Å². The van der Waals surface area contributed by atoms with Crippen LogP contribution in [0.1, 0.15) is 32.6 Å². The Morgan fingerprint density at radius 1 is 1.06 bits per heavy atom. The molecule has 102 valence electrons. The smallest absolute Gasteiger partial charge is 0.195 e. The van der Waals surface area contributed by atoms with Gasteiger partial charge >= 0.3 is 0 Å². The molecular weight excluding hydrogens is 226 g/mol. The first-order valence-corrected chi connectivity index (χ1v) is 10.0. The van der Waals surface area contributed by atoms with Crippen LogP contribution >= 0.6 is 0 Å². The van der Waals surface area contributed by atoms with Crippen molar-refractivity contribution in [1.29, 1.82) is 0 Å². The highest BCUT2D eigenvalue weighted by Gasteiger charge is 2.10. The minimum atomic E-state index is -0.560. The molecule has 0 aliphatic rings. The van der Waals surface area contributed by atoms with Crippen molar-refractivity contribution < 1.29 is 0 Å². The normalized spacial score (nSPS) is 12.1. The van der Waals surface area contributed by atoms with E-state index < -0.39 is 8.80 Å². The quantitative estimate of drug-likeness (QED) is 0.302. The van der Waals surface area contributed by atoms with Crippen LogP contribution in [0, 0.1) is 0 Å². The van der Waals surface area contributed by atoms with Gasteiger partial charge in [-0.15, -0.1) is 0 Å². The van der Waals surface area contributed by atoms with E-state index in [0.29, 0.717) is 0 Å². The van der Waals surface area contributed by atoms with Gasteiger partial charge in [-0.05, 0) is 6.42 Å². The van der Waals surface area contributed by atoms with E-state index in [4.69, 9.17) is 4.99 Å². The van der Waals surface area contributed by atoms with Crippen LogP contribution in [-0.2, 0) is 0 Å². The van der Waals surface area contributed by atoms with Crippen molar-refractivity contribution in [3.05, 3.63) is 0 Å². The zero-order valence-electron chi connectivity index (χ0n) is 12.7. The lowest BCUT2D eigenvalue weighted by Gasteiger charge is -2.27. The molecule has 0 bridgehead atoms. The number of hydrogen-bond donors (Lipinski definition) is 0. The Hall–Kier alpha value is -0.513. The summed E-state index contributed by atoms with van der Waals surface area (Å²) in [6.07, 6.45) is 6.36. The molecular formula is C13H31N3Si. The van der Waals surface area contributed by atoms with E-state index in [0.717, 1.165) is 12.5 Å². The van der Waals surface area contributed by atoms with Crippen LogP contribution < -0.4 is 0 Å². The predicted molar refractivity (Wildman–Crippen MR) is 81.6 cm³/mol. The molecule has 0 radical (unpaired) electrons. The van der Waals surface area contributed by atoms with Gasteiger partial charge in [-0.25, -0.2) is 0 Å². The number of aliphatic imine (C=N–C) groups is 1. The summed E-state index contributed by atoms with van der Waals surface area (Å²) >= 11 is 0. The molecule has 0 amide bonds. The molecule has 0 atom stereocenters.